The van der Waals surface area contributed by atoms with Gasteiger partial charge in [0.15, 0.2) is 5.78 Å². The van der Waals surface area contributed by atoms with Crippen LogP contribution in [0.1, 0.15) is 34.8 Å². The summed E-state index contributed by atoms with van der Waals surface area (Å²) in [5, 5.41) is 0. The molecular formula is C21H19NO. The first-order chi connectivity index (χ1) is 11.3. The normalized spacial score (nSPS) is 10.5. The van der Waals surface area contributed by atoms with Gasteiger partial charge < -0.3 is 0 Å². The highest BCUT2D eigenvalue weighted by Crippen LogP contribution is 2.23. The van der Waals surface area contributed by atoms with Crippen LogP contribution in [0.2, 0.25) is 0 Å². The lowest BCUT2D eigenvalue weighted by molar-refractivity contribution is 0.103. The Labute approximate surface area is 136 Å². The molecule has 0 bridgehead atoms. The molecule has 0 amide bonds. The maximum atomic E-state index is 12.4. The summed E-state index contributed by atoms with van der Waals surface area (Å²) in [6.07, 6.45) is 3.80. The monoisotopic (exact) mass is 301 g/mol. The van der Waals surface area contributed by atoms with Crippen LogP contribution in [0.15, 0.2) is 72.9 Å². The average molecular weight is 301 g/mol. The molecule has 2 heteroatoms. The molecular weight excluding hydrogens is 282 g/mol. The van der Waals surface area contributed by atoms with E-state index in [1.807, 2.05) is 48.5 Å². The molecule has 0 aliphatic carbocycles. The third-order valence-corrected chi connectivity index (χ3v) is 3.87. The molecule has 3 rings (SSSR count). The molecule has 1 aromatic heterocycles. The van der Waals surface area contributed by atoms with Crippen LogP contribution >= 0.6 is 0 Å². The molecule has 0 fully saturated rings. The second-order valence-corrected chi connectivity index (χ2v) is 5.53. The highest BCUT2D eigenvalue weighted by molar-refractivity contribution is 6.08. The zero-order valence-electron chi connectivity index (χ0n) is 13.2. The number of pyridine rings is 1. The van der Waals surface area contributed by atoms with Gasteiger partial charge in [0, 0.05) is 22.9 Å². The highest BCUT2D eigenvalue weighted by atomic mass is 16.1. The topological polar surface area (TPSA) is 30.0 Å². The van der Waals surface area contributed by atoms with Gasteiger partial charge in [-0.3, -0.25) is 9.78 Å². The molecule has 0 saturated carbocycles. The van der Waals surface area contributed by atoms with Crippen molar-refractivity contribution in [2.24, 2.45) is 0 Å². The van der Waals surface area contributed by atoms with Crippen LogP contribution in [-0.2, 0) is 6.42 Å². The van der Waals surface area contributed by atoms with Gasteiger partial charge in [-0.25, -0.2) is 0 Å². The predicted octanol–water partition coefficient (Wildman–Crippen LogP) is 4.93. The van der Waals surface area contributed by atoms with E-state index >= 15 is 0 Å². The Morgan fingerprint density at radius 2 is 1.61 bits per heavy atom. The number of aromatic nitrogens is 1. The highest BCUT2D eigenvalue weighted by Gasteiger charge is 2.10. The SMILES string of the molecule is CCCc1ccccc1-c1ccc(C(=O)c2ccccc2)cn1. The van der Waals surface area contributed by atoms with Crippen LogP contribution in [0.3, 0.4) is 0 Å². The first kappa shape index (κ1) is 15.2. The summed E-state index contributed by atoms with van der Waals surface area (Å²) in [6, 6.07) is 21.4. The van der Waals surface area contributed by atoms with Gasteiger partial charge in [-0.15, -0.1) is 0 Å². The molecule has 3 aromatic rings. The van der Waals surface area contributed by atoms with Crippen LogP contribution in [0.4, 0.5) is 0 Å². The van der Waals surface area contributed by atoms with Crippen molar-refractivity contribution in [3.8, 4) is 11.3 Å². The molecule has 114 valence electrons. The van der Waals surface area contributed by atoms with E-state index in [1.165, 1.54) is 5.56 Å². The number of ketones is 1. The van der Waals surface area contributed by atoms with Gasteiger partial charge in [-0.05, 0) is 24.1 Å². The van der Waals surface area contributed by atoms with Gasteiger partial charge >= 0.3 is 0 Å². The number of hydrogen-bond acceptors (Lipinski definition) is 2. The molecule has 1 heterocycles. The number of rotatable bonds is 5. The zero-order valence-corrected chi connectivity index (χ0v) is 13.2. The van der Waals surface area contributed by atoms with E-state index < -0.39 is 0 Å². The van der Waals surface area contributed by atoms with E-state index in [1.54, 1.807) is 6.20 Å². The minimum atomic E-state index is 0.00601. The van der Waals surface area contributed by atoms with Crippen molar-refractivity contribution in [1.29, 1.82) is 0 Å². The van der Waals surface area contributed by atoms with Crippen molar-refractivity contribution in [2.75, 3.05) is 0 Å². The Morgan fingerprint density at radius 1 is 0.870 bits per heavy atom. The first-order valence-corrected chi connectivity index (χ1v) is 7.93. The molecule has 0 aliphatic rings. The summed E-state index contributed by atoms with van der Waals surface area (Å²) in [5.41, 5.74) is 4.66. The van der Waals surface area contributed by atoms with Gasteiger partial charge in [0.1, 0.15) is 0 Å². The predicted molar refractivity (Wildman–Crippen MR) is 93.5 cm³/mol. The molecule has 0 radical (unpaired) electrons. The van der Waals surface area contributed by atoms with Crippen molar-refractivity contribution in [1.82, 2.24) is 4.98 Å². The van der Waals surface area contributed by atoms with Gasteiger partial charge in [0.05, 0.1) is 5.69 Å². The fourth-order valence-corrected chi connectivity index (χ4v) is 2.70. The Hall–Kier alpha value is -2.74. The molecule has 0 N–H and O–H groups in total. The van der Waals surface area contributed by atoms with Crippen LogP contribution in [0.5, 0.6) is 0 Å². The van der Waals surface area contributed by atoms with Crippen molar-refractivity contribution in [2.45, 2.75) is 19.8 Å². The Morgan fingerprint density at radius 3 is 2.30 bits per heavy atom. The summed E-state index contributed by atoms with van der Waals surface area (Å²) in [7, 11) is 0. The largest absolute Gasteiger partial charge is 0.289 e. The Bertz CT molecular complexity index is 792. The lowest BCUT2D eigenvalue weighted by Crippen LogP contribution is -2.02. The van der Waals surface area contributed by atoms with Crippen LogP contribution in [0, 0.1) is 0 Å². The van der Waals surface area contributed by atoms with E-state index in [4.69, 9.17) is 0 Å². The number of aryl methyl sites for hydroxylation is 1. The molecule has 0 unspecified atom stereocenters. The van der Waals surface area contributed by atoms with E-state index in [9.17, 15) is 4.79 Å². The number of nitrogens with zero attached hydrogens (tertiary/aromatic N) is 1. The number of hydrogen-bond donors (Lipinski definition) is 0. The zero-order chi connectivity index (χ0) is 16.1. The Kier molecular flexibility index (Phi) is 4.62. The summed E-state index contributed by atoms with van der Waals surface area (Å²) in [6.45, 7) is 2.17. The fourth-order valence-electron chi connectivity index (χ4n) is 2.70. The number of carbonyl (C=O) groups excluding carboxylic acids is 1. The van der Waals surface area contributed by atoms with E-state index in [-0.39, 0.29) is 5.78 Å². The minimum absolute atomic E-state index is 0.00601. The second-order valence-electron chi connectivity index (χ2n) is 5.53. The molecule has 2 aromatic carbocycles. The minimum Gasteiger partial charge on any atom is -0.289 e. The van der Waals surface area contributed by atoms with Crippen molar-refractivity contribution in [3.63, 3.8) is 0 Å². The van der Waals surface area contributed by atoms with E-state index in [0.717, 1.165) is 24.1 Å². The summed E-state index contributed by atoms with van der Waals surface area (Å²) in [5.74, 6) is 0.00601. The standard InChI is InChI=1S/C21H19NO/c1-2-8-16-9-6-7-12-19(16)20-14-13-18(15-22-20)21(23)17-10-4-3-5-11-17/h3-7,9-15H,2,8H2,1H3. The second kappa shape index (κ2) is 7.01. The van der Waals surface area contributed by atoms with Crippen molar-refractivity contribution < 1.29 is 4.79 Å². The van der Waals surface area contributed by atoms with Crippen molar-refractivity contribution in [3.05, 3.63) is 89.6 Å². The average Bonchev–Trinajstić information content (AvgIpc) is 2.63. The third kappa shape index (κ3) is 3.37. The maximum Gasteiger partial charge on any atom is 0.194 e. The summed E-state index contributed by atoms with van der Waals surface area (Å²) < 4.78 is 0. The molecule has 0 saturated heterocycles. The van der Waals surface area contributed by atoms with E-state index in [2.05, 4.69) is 30.1 Å². The molecule has 0 aliphatic heterocycles. The molecule has 0 spiro atoms. The van der Waals surface area contributed by atoms with Crippen LogP contribution < -0.4 is 0 Å². The molecule has 2 nitrogen and oxygen atoms in total. The van der Waals surface area contributed by atoms with Gasteiger partial charge in [-0.2, -0.15) is 0 Å². The van der Waals surface area contributed by atoms with Gasteiger partial charge in [0.2, 0.25) is 0 Å². The quantitative estimate of drug-likeness (QED) is 0.625. The Balaban J connectivity index is 1.90. The lowest BCUT2D eigenvalue weighted by Gasteiger charge is -2.08. The summed E-state index contributed by atoms with van der Waals surface area (Å²) in [4.78, 5) is 16.9. The third-order valence-electron chi connectivity index (χ3n) is 3.87. The van der Waals surface area contributed by atoms with Gasteiger partial charge in [-0.1, -0.05) is 67.9 Å². The van der Waals surface area contributed by atoms with Gasteiger partial charge in [0.25, 0.3) is 0 Å². The maximum absolute atomic E-state index is 12.4. The van der Waals surface area contributed by atoms with Crippen molar-refractivity contribution >= 4 is 5.78 Å². The van der Waals surface area contributed by atoms with E-state index in [0.29, 0.717) is 11.1 Å². The summed E-state index contributed by atoms with van der Waals surface area (Å²) >= 11 is 0. The number of benzene rings is 2. The number of carbonyl (C=O) groups is 1. The first-order valence-electron chi connectivity index (χ1n) is 7.93. The van der Waals surface area contributed by atoms with Crippen LogP contribution in [0.25, 0.3) is 11.3 Å². The molecule has 23 heavy (non-hydrogen) atoms. The fraction of sp³-hybridized carbons (Fsp3) is 0.143. The lowest BCUT2D eigenvalue weighted by atomic mass is 9.99. The van der Waals surface area contributed by atoms with Crippen LogP contribution in [-0.4, -0.2) is 10.8 Å². The molecule has 0 atom stereocenters. The smallest absolute Gasteiger partial charge is 0.194 e.